The summed E-state index contributed by atoms with van der Waals surface area (Å²) in [5.41, 5.74) is 0.692. The first-order valence-corrected chi connectivity index (χ1v) is 8.70. The fourth-order valence-corrected chi connectivity index (χ4v) is 3.85. The second-order valence-corrected chi connectivity index (χ2v) is 7.19. The number of alkyl halides is 3. The smallest absolute Gasteiger partial charge is 0.353 e. The van der Waals surface area contributed by atoms with Gasteiger partial charge in [0.15, 0.2) is 0 Å². The van der Waals surface area contributed by atoms with Crippen LogP contribution in [0.3, 0.4) is 0 Å². The topological polar surface area (TPSA) is 44.9 Å². The fourth-order valence-electron chi connectivity index (χ4n) is 2.75. The van der Waals surface area contributed by atoms with Gasteiger partial charge in [-0.15, -0.1) is 0 Å². The molecule has 1 aromatic heterocycles. The Labute approximate surface area is 155 Å². The van der Waals surface area contributed by atoms with Crippen LogP contribution in [0.1, 0.15) is 5.56 Å². The summed E-state index contributed by atoms with van der Waals surface area (Å²) in [7, 11) is 0. The van der Waals surface area contributed by atoms with Crippen LogP contribution in [0, 0.1) is 0 Å². The molecule has 0 spiro atoms. The van der Waals surface area contributed by atoms with Gasteiger partial charge in [-0.25, -0.2) is 0 Å². The molecule has 0 aliphatic carbocycles. The molecule has 0 fully saturated rings. The maximum atomic E-state index is 13.0. The lowest BCUT2D eigenvalue weighted by Gasteiger charge is -2.23. The second-order valence-electron chi connectivity index (χ2n) is 5.67. The highest BCUT2D eigenvalue weighted by Gasteiger charge is 2.32. The molecule has 3 aromatic rings. The molecular weight excluding hydrogens is 385 g/mol. The van der Waals surface area contributed by atoms with Crippen molar-refractivity contribution in [2.24, 2.45) is 0 Å². The fraction of sp³-hybridized carbons (Fsp3) is 0.0556. The quantitative estimate of drug-likeness (QED) is 0.421. The van der Waals surface area contributed by atoms with Gasteiger partial charge in [0.1, 0.15) is 0 Å². The third kappa shape index (κ3) is 2.97. The first-order valence-electron chi connectivity index (χ1n) is 7.51. The normalized spacial score (nSPS) is 12.9. The minimum Gasteiger partial charge on any atom is -0.353 e. The minimum absolute atomic E-state index is 0.318. The zero-order valence-corrected chi connectivity index (χ0v) is 14.5. The van der Waals surface area contributed by atoms with Crippen LogP contribution in [0.25, 0.3) is 11.1 Å². The van der Waals surface area contributed by atoms with Gasteiger partial charge in [-0.1, -0.05) is 35.5 Å². The predicted octanol–water partition coefficient (Wildman–Crippen LogP) is 5.92. The lowest BCUT2D eigenvalue weighted by Crippen LogP contribution is -2.14. The maximum absolute atomic E-state index is 13.0. The number of fused-ring (bicyclic) bond motifs is 2. The molecule has 2 aromatic carbocycles. The largest absolute Gasteiger partial charge is 0.416 e. The van der Waals surface area contributed by atoms with Gasteiger partial charge >= 0.3 is 6.18 Å². The van der Waals surface area contributed by atoms with E-state index in [0.717, 1.165) is 17.0 Å². The van der Waals surface area contributed by atoms with Crippen molar-refractivity contribution < 1.29 is 13.2 Å². The average Bonchev–Trinajstić information content (AvgIpc) is 2.60. The van der Waals surface area contributed by atoms with Crippen LogP contribution in [-0.2, 0) is 6.18 Å². The third-order valence-corrected chi connectivity index (χ3v) is 5.35. The highest BCUT2D eigenvalue weighted by molar-refractivity contribution is 7.99. The molecule has 4 rings (SSSR count). The first-order chi connectivity index (χ1) is 12.3. The van der Waals surface area contributed by atoms with Crippen molar-refractivity contribution in [2.45, 2.75) is 16.0 Å². The van der Waals surface area contributed by atoms with Gasteiger partial charge in [-0.3, -0.25) is 4.79 Å². The van der Waals surface area contributed by atoms with E-state index < -0.39 is 11.7 Å². The van der Waals surface area contributed by atoms with E-state index in [1.807, 2.05) is 0 Å². The number of aromatic nitrogens is 1. The number of H-pyrrole nitrogens is 1. The Kier molecular flexibility index (Phi) is 4.00. The molecule has 0 unspecified atom stereocenters. The molecule has 2 N–H and O–H groups in total. The van der Waals surface area contributed by atoms with Crippen LogP contribution < -0.4 is 10.9 Å². The van der Waals surface area contributed by atoms with Crippen molar-refractivity contribution in [2.75, 3.05) is 5.32 Å². The highest BCUT2D eigenvalue weighted by atomic mass is 35.5. The molecule has 0 saturated heterocycles. The van der Waals surface area contributed by atoms with Crippen molar-refractivity contribution >= 4 is 34.7 Å². The maximum Gasteiger partial charge on any atom is 0.416 e. The Morgan fingerprint density at radius 2 is 1.73 bits per heavy atom. The summed E-state index contributed by atoms with van der Waals surface area (Å²) in [4.78, 5) is 16.5. The molecule has 26 heavy (non-hydrogen) atoms. The SMILES string of the molecule is O=c1[nH]cc2c(c1-c1ccc(Cl)cc1)Nc1cc(C(F)(F)F)ccc1S2. The number of benzene rings is 2. The number of hydrogen-bond donors (Lipinski definition) is 2. The van der Waals surface area contributed by atoms with Crippen LogP contribution >= 0.6 is 23.4 Å². The third-order valence-electron chi connectivity index (χ3n) is 3.98. The molecule has 0 amide bonds. The molecule has 0 saturated carbocycles. The van der Waals surface area contributed by atoms with E-state index in [9.17, 15) is 18.0 Å². The minimum atomic E-state index is -4.44. The second kappa shape index (κ2) is 6.10. The molecule has 1 aliphatic heterocycles. The van der Waals surface area contributed by atoms with E-state index in [4.69, 9.17) is 11.6 Å². The van der Waals surface area contributed by atoms with Crippen molar-refractivity contribution in [3.05, 3.63) is 69.6 Å². The van der Waals surface area contributed by atoms with Crippen LogP contribution in [0.4, 0.5) is 24.5 Å². The predicted molar refractivity (Wildman–Crippen MR) is 96.4 cm³/mol. The number of pyridine rings is 1. The van der Waals surface area contributed by atoms with E-state index in [-0.39, 0.29) is 5.56 Å². The summed E-state index contributed by atoms with van der Waals surface area (Å²) in [6, 6.07) is 10.2. The number of halogens is 4. The Balaban J connectivity index is 1.85. The van der Waals surface area contributed by atoms with Crippen molar-refractivity contribution in [1.29, 1.82) is 0 Å². The molecule has 0 radical (unpaired) electrons. The van der Waals surface area contributed by atoms with Gasteiger partial charge in [-0.05, 0) is 35.9 Å². The first kappa shape index (κ1) is 17.1. The molecule has 8 heteroatoms. The van der Waals surface area contributed by atoms with Gasteiger partial charge < -0.3 is 10.3 Å². The zero-order valence-electron chi connectivity index (χ0n) is 12.9. The number of rotatable bonds is 1. The van der Waals surface area contributed by atoms with Crippen molar-refractivity contribution in [3.63, 3.8) is 0 Å². The van der Waals surface area contributed by atoms with Gasteiger partial charge in [0.25, 0.3) is 5.56 Å². The Morgan fingerprint density at radius 3 is 2.42 bits per heavy atom. The summed E-state index contributed by atoms with van der Waals surface area (Å²) in [6.07, 6.45) is -2.88. The molecule has 0 bridgehead atoms. The Hall–Kier alpha value is -2.38. The summed E-state index contributed by atoms with van der Waals surface area (Å²) < 4.78 is 39.0. The number of anilines is 2. The Morgan fingerprint density at radius 1 is 1.00 bits per heavy atom. The van der Waals surface area contributed by atoms with Gasteiger partial charge in [0, 0.05) is 16.1 Å². The van der Waals surface area contributed by atoms with Crippen molar-refractivity contribution in [3.8, 4) is 11.1 Å². The molecular formula is C18H10ClF3N2OS. The molecule has 2 heterocycles. The Bertz CT molecular complexity index is 1060. The van der Waals surface area contributed by atoms with Gasteiger partial charge in [0.05, 0.1) is 27.4 Å². The summed E-state index contributed by atoms with van der Waals surface area (Å²) in [5, 5.41) is 3.53. The molecule has 132 valence electrons. The molecule has 1 aliphatic rings. The van der Waals surface area contributed by atoms with Gasteiger partial charge in [-0.2, -0.15) is 13.2 Å². The standard InChI is InChI=1S/C18H10ClF3N2OS/c19-11-4-1-9(2-5-11)15-16-14(8-23-17(15)25)26-13-6-3-10(18(20,21)22)7-12(13)24-16/h1-8,24H,(H,23,25). The van der Waals surface area contributed by atoms with E-state index in [1.165, 1.54) is 17.8 Å². The molecule has 0 atom stereocenters. The van der Waals surface area contributed by atoms with Gasteiger partial charge in [0.2, 0.25) is 0 Å². The number of aromatic amines is 1. The van der Waals surface area contributed by atoms with E-state index in [2.05, 4.69) is 10.3 Å². The number of nitrogens with one attached hydrogen (secondary N) is 2. The molecule has 3 nitrogen and oxygen atoms in total. The summed E-state index contributed by atoms with van der Waals surface area (Å²) in [5.74, 6) is 0. The lowest BCUT2D eigenvalue weighted by molar-refractivity contribution is -0.137. The zero-order chi connectivity index (χ0) is 18.5. The monoisotopic (exact) mass is 394 g/mol. The van der Waals surface area contributed by atoms with E-state index in [1.54, 1.807) is 30.5 Å². The summed E-state index contributed by atoms with van der Waals surface area (Å²) in [6.45, 7) is 0. The van der Waals surface area contributed by atoms with Crippen LogP contribution in [0.5, 0.6) is 0 Å². The average molecular weight is 395 g/mol. The lowest BCUT2D eigenvalue weighted by atomic mass is 10.0. The number of hydrogen-bond acceptors (Lipinski definition) is 3. The highest BCUT2D eigenvalue weighted by Crippen LogP contribution is 2.47. The summed E-state index contributed by atoms with van der Waals surface area (Å²) >= 11 is 7.19. The van der Waals surface area contributed by atoms with Crippen LogP contribution in [0.15, 0.2) is 63.2 Å². The van der Waals surface area contributed by atoms with Crippen LogP contribution in [-0.4, -0.2) is 4.98 Å². The van der Waals surface area contributed by atoms with E-state index >= 15 is 0 Å². The van der Waals surface area contributed by atoms with Crippen LogP contribution in [0.2, 0.25) is 5.02 Å². The van der Waals surface area contributed by atoms with Crippen molar-refractivity contribution in [1.82, 2.24) is 4.98 Å². The van der Waals surface area contributed by atoms with E-state index in [0.29, 0.717) is 32.4 Å².